The van der Waals surface area contributed by atoms with Crippen LogP contribution < -0.4 is 0 Å². The van der Waals surface area contributed by atoms with E-state index in [4.69, 9.17) is 42.6 Å². The molecule has 0 radical (unpaired) electrons. The van der Waals surface area contributed by atoms with Crippen molar-refractivity contribution in [2.45, 2.75) is 123 Å². The van der Waals surface area contributed by atoms with Crippen LogP contribution in [0.25, 0.3) is 0 Å². The Morgan fingerprint density at radius 1 is 0.373 bits per heavy atom. The van der Waals surface area contributed by atoms with Crippen molar-refractivity contribution >= 4 is 23.9 Å². The van der Waals surface area contributed by atoms with Crippen LogP contribution in [-0.2, 0) is 61.8 Å². The van der Waals surface area contributed by atoms with Crippen molar-refractivity contribution < 1.29 is 123 Å². The quantitative estimate of drug-likeness (QED) is 0.0881. The fourth-order valence-corrected chi connectivity index (χ4v) is 5.86. The number of rotatable bonds is 12. The van der Waals surface area contributed by atoms with Gasteiger partial charge in [0.2, 0.25) is 0 Å². The number of ether oxygens (including phenoxy) is 9. The molecular formula is C26H38O25. The van der Waals surface area contributed by atoms with Gasteiger partial charge in [-0.1, -0.05) is 0 Å². The maximum atomic E-state index is 12.2. The maximum absolute atomic E-state index is 12.2. The van der Waals surface area contributed by atoms with E-state index in [2.05, 4.69) is 0 Å². The van der Waals surface area contributed by atoms with Crippen molar-refractivity contribution in [3.8, 4) is 0 Å². The van der Waals surface area contributed by atoms with E-state index in [1.165, 1.54) is 0 Å². The van der Waals surface area contributed by atoms with Gasteiger partial charge in [0.25, 0.3) is 0 Å². The van der Waals surface area contributed by atoms with Crippen molar-refractivity contribution in [2.24, 2.45) is 0 Å². The van der Waals surface area contributed by atoms with Crippen molar-refractivity contribution in [1.29, 1.82) is 0 Å². The van der Waals surface area contributed by atoms with Crippen LogP contribution in [0.5, 0.6) is 0 Å². The summed E-state index contributed by atoms with van der Waals surface area (Å²) in [5.41, 5.74) is 0. The molecule has 0 aromatic rings. The molecule has 20 atom stereocenters. The lowest BCUT2D eigenvalue weighted by Gasteiger charge is -2.48. The third-order valence-electron chi connectivity index (χ3n) is 8.53. The van der Waals surface area contributed by atoms with Gasteiger partial charge in [0.1, 0.15) is 73.2 Å². The van der Waals surface area contributed by atoms with Gasteiger partial charge in [-0.05, 0) is 0 Å². The van der Waals surface area contributed by atoms with E-state index in [9.17, 15) is 80.5 Å². The zero-order valence-electron chi connectivity index (χ0n) is 26.2. The first-order valence-electron chi connectivity index (χ1n) is 14.9. The molecule has 12 N–H and O–H groups in total. The molecule has 12 unspecified atom stereocenters. The number of aliphatic carboxylic acids is 4. The average Bonchev–Trinajstić information content (AvgIpc) is 3.07. The van der Waals surface area contributed by atoms with E-state index >= 15 is 0 Å². The molecule has 25 nitrogen and oxygen atoms in total. The van der Waals surface area contributed by atoms with Gasteiger partial charge < -0.3 is 104 Å². The Hall–Kier alpha value is -2.80. The second kappa shape index (κ2) is 16.5. The molecule has 4 heterocycles. The monoisotopic (exact) mass is 750 g/mol. The van der Waals surface area contributed by atoms with E-state index in [-0.39, 0.29) is 0 Å². The summed E-state index contributed by atoms with van der Waals surface area (Å²) in [5.74, 6) is -7.32. The Morgan fingerprint density at radius 3 is 0.863 bits per heavy atom. The molecule has 0 aromatic heterocycles. The lowest BCUT2D eigenvalue weighted by molar-refractivity contribution is -0.378. The van der Waals surface area contributed by atoms with Crippen LogP contribution in [0.2, 0.25) is 0 Å². The minimum atomic E-state index is -2.40. The van der Waals surface area contributed by atoms with Crippen molar-refractivity contribution in [3.05, 3.63) is 0 Å². The number of aliphatic hydroxyl groups excluding tert-OH is 8. The first-order valence-corrected chi connectivity index (χ1v) is 14.9. The van der Waals surface area contributed by atoms with Crippen LogP contribution in [0.3, 0.4) is 0 Å². The predicted molar refractivity (Wildman–Crippen MR) is 146 cm³/mol. The number of carboxylic acids is 4. The van der Waals surface area contributed by atoms with Crippen molar-refractivity contribution in [1.82, 2.24) is 0 Å². The lowest BCUT2D eigenvalue weighted by Crippen LogP contribution is -2.68. The number of aliphatic hydroxyl groups is 8. The first kappa shape index (κ1) is 41.0. The van der Waals surface area contributed by atoms with Gasteiger partial charge in [-0.2, -0.15) is 0 Å². The highest BCUT2D eigenvalue weighted by molar-refractivity contribution is 5.75. The van der Waals surface area contributed by atoms with Crippen LogP contribution in [0.4, 0.5) is 0 Å². The Balaban J connectivity index is 1.51. The van der Waals surface area contributed by atoms with Gasteiger partial charge in [0.15, 0.2) is 49.6 Å². The summed E-state index contributed by atoms with van der Waals surface area (Å²) >= 11 is 0. The summed E-state index contributed by atoms with van der Waals surface area (Å²) in [7, 11) is 2.02. The molecule has 292 valence electrons. The molecule has 0 aliphatic carbocycles. The largest absolute Gasteiger partial charge is 0.479 e. The maximum Gasteiger partial charge on any atom is 0.335 e. The van der Waals surface area contributed by atoms with Gasteiger partial charge in [0, 0.05) is 14.2 Å². The normalized spacial score (nSPS) is 47.7. The summed E-state index contributed by atoms with van der Waals surface area (Å²) < 4.78 is 46.0. The van der Waals surface area contributed by atoms with E-state index in [0.29, 0.717) is 0 Å². The highest BCUT2D eigenvalue weighted by Crippen LogP contribution is 2.35. The molecule has 4 fully saturated rings. The standard InChI is InChI=1S/C26H38O25/c1-43-11-3(27)8(32)24(49-15(11)19(35)36)46-13-5(29)10(34)26(51-17(13)21(39)40)47-14-6(30)9(33)25(50-18(14)22(41)42)45-12-4(28)7(31)23(44-2)48-16(12)20(37)38/h3-18,23-34H,1-2H3,(H,35,36)(H,37,38)(H,39,40)(H,41,42)/t3?,4?,5?,6?,7?,8?,9?,10?,11-,12-,13-,14-,15?,16?,17?,18?,23+,24+,25+,26+/m1/s1. The average molecular weight is 751 g/mol. The molecule has 4 aliphatic heterocycles. The molecule has 0 aromatic carbocycles. The van der Waals surface area contributed by atoms with Crippen LogP contribution >= 0.6 is 0 Å². The van der Waals surface area contributed by atoms with Crippen LogP contribution in [0.15, 0.2) is 0 Å². The third-order valence-corrected chi connectivity index (χ3v) is 8.53. The van der Waals surface area contributed by atoms with Gasteiger partial charge in [-0.3, -0.25) is 0 Å². The number of methoxy groups -OCH3 is 2. The summed E-state index contributed by atoms with van der Waals surface area (Å²) in [6, 6.07) is 0. The fourth-order valence-electron chi connectivity index (χ4n) is 5.86. The van der Waals surface area contributed by atoms with E-state index in [1.54, 1.807) is 0 Å². The molecule has 4 saturated heterocycles. The van der Waals surface area contributed by atoms with E-state index < -0.39 is 147 Å². The second-order valence-electron chi connectivity index (χ2n) is 11.7. The molecule has 25 heteroatoms. The smallest absolute Gasteiger partial charge is 0.335 e. The molecule has 0 bridgehead atoms. The SMILES string of the molecule is CO[C@H]1OC(C(=O)O)[C@H](O[C@H]2OC(C(=O)O)[C@H](O[C@H]3OC(C(=O)O)[C@H](O[C@H]4OC(C(=O)O)[C@H](OC)C(O)C4O)C(O)C3O)C(O)C2O)C(O)C1O. The Kier molecular flexibility index (Phi) is 13.2. The number of carboxylic acid groups (broad SMARTS) is 4. The molecule has 0 spiro atoms. The van der Waals surface area contributed by atoms with Crippen LogP contribution in [-0.4, -0.2) is 222 Å². The number of hydrogen-bond acceptors (Lipinski definition) is 21. The topological polar surface area (TPSA) is 394 Å². The Morgan fingerprint density at radius 2 is 0.608 bits per heavy atom. The van der Waals surface area contributed by atoms with E-state index in [1.807, 2.05) is 0 Å². The zero-order valence-corrected chi connectivity index (χ0v) is 26.2. The van der Waals surface area contributed by atoms with Gasteiger partial charge in [-0.25, -0.2) is 19.2 Å². The minimum absolute atomic E-state index is 1.000. The number of hydrogen-bond donors (Lipinski definition) is 12. The summed E-state index contributed by atoms with van der Waals surface area (Å²) in [6.07, 6.45) is -43.0. The summed E-state index contributed by atoms with van der Waals surface area (Å²) in [5, 5.41) is 123. The molecule has 4 aliphatic rings. The minimum Gasteiger partial charge on any atom is -0.479 e. The zero-order chi connectivity index (χ0) is 38.2. The number of carbonyl (C=O) groups is 4. The first-order chi connectivity index (χ1) is 23.9. The highest BCUT2D eigenvalue weighted by Gasteiger charge is 2.58. The van der Waals surface area contributed by atoms with Crippen molar-refractivity contribution in [3.63, 3.8) is 0 Å². The lowest BCUT2D eigenvalue weighted by atomic mass is 9.95. The van der Waals surface area contributed by atoms with Crippen LogP contribution in [0, 0.1) is 0 Å². The second-order valence-corrected chi connectivity index (χ2v) is 11.7. The molecule has 0 saturated carbocycles. The fraction of sp³-hybridized carbons (Fsp3) is 0.846. The Labute approximate surface area is 284 Å². The van der Waals surface area contributed by atoms with Gasteiger partial charge >= 0.3 is 23.9 Å². The predicted octanol–water partition coefficient (Wildman–Crippen LogP) is -8.07. The molecule has 0 amide bonds. The Bertz CT molecular complexity index is 1250. The summed E-state index contributed by atoms with van der Waals surface area (Å²) in [4.78, 5) is 47.8. The van der Waals surface area contributed by atoms with Crippen LogP contribution in [0.1, 0.15) is 0 Å². The van der Waals surface area contributed by atoms with Gasteiger partial charge in [-0.15, -0.1) is 0 Å². The van der Waals surface area contributed by atoms with E-state index in [0.717, 1.165) is 14.2 Å². The summed E-state index contributed by atoms with van der Waals surface area (Å²) in [6.45, 7) is 0. The molecular weight excluding hydrogens is 712 g/mol. The molecule has 4 rings (SSSR count). The molecule has 51 heavy (non-hydrogen) atoms. The highest BCUT2D eigenvalue weighted by atomic mass is 16.8. The van der Waals surface area contributed by atoms with Gasteiger partial charge in [0.05, 0.1) is 0 Å². The van der Waals surface area contributed by atoms with Crippen molar-refractivity contribution in [2.75, 3.05) is 14.2 Å². The third kappa shape index (κ3) is 8.09.